The standard InChI is InChI=1S/C45H57Cl2N5O3/c1-9-55-39-28-40(44(3,4)5)48-29-38(39)42(49-45(6,7)35-17-21-37(47)22-18-35)52(30-33-15-19-36(46)20-16-33)43(54)51-25-23-32(24-26-51)27-41(53)50(8)31(2)34-13-11-10-12-14-34/h10-17,19-22,28-29,31-32,35H,9,18,23-27,30H2,1-8H3/t31-,35?/m0/s1. The van der Waals surface area contributed by atoms with E-state index in [2.05, 4.69) is 59.8 Å². The largest absolute Gasteiger partial charge is 0.493 e. The van der Waals surface area contributed by atoms with Crippen molar-refractivity contribution in [3.8, 4) is 5.75 Å². The molecule has 1 unspecified atom stereocenters. The number of ether oxygens (including phenoxy) is 1. The Kier molecular flexibility index (Phi) is 13.9. The predicted molar refractivity (Wildman–Crippen MR) is 225 cm³/mol. The molecule has 1 saturated heterocycles. The molecule has 0 saturated carbocycles. The second-order valence-electron chi connectivity index (χ2n) is 16.3. The van der Waals surface area contributed by atoms with E-state index in [0.29, 0.717) is 53.3 Å². The summed E-state index contributed by atoms with van der Waals surface area (Å²) < 4.78 is 6.32. The number of rotatable bonds is 11. The highest BCUT2D eigenvalue weighted by molar-refractivity contribution is 6.31. The van der Waals surface area contributed by atoms with Gasteiger partial charge in [0.05, 0.1) is 30.3 Å². The molecule has 10 heteroatoms. The van der Waals surface area contributed by atoms with Crippen LogP contribution in [-0.2, 0) is 16.8 Å². The molecular weight excluding hydrogens is 729 g/mol. The van der Waals surface area contributed by atoms with Crippen molar-refractivity contribution in [1.29, 1.82) is 0 Å². The Morgan fingerprint density at radius 2 is 1.69 bits per heavy atom. The first-order chi connectivity index (χ1) is 26.1. The summed E-state index contributed by atoms with van der Waals surface area (Å²) >= 11 is 12.7. The van der Waals surface area contributed by atoms with Gasteiger partial charge in [-0.05, 0) is 82.2 Å². The van der Waals surface area contributed by atoms with Gasteiger partial charge in [-0.15, -0.1) is 0 Å². The molecule has 2 heterocycles. The Hall–Kier alpha value is -4.14. The first-order valence-corrected chi connectivity index (χ1v) is 20.2. The molecule has 2 atom stereocenters. The summed E-state index contributed by atoms with van der Waals surface area (Å²) in [6.07, 6.45) is 10.5. The Morgan fingerprint density at radius 3 is 2.29 bits per heavy atom. The molecule has 0 spiro atoms. The van der Waals surface area contributed by atoms with Crippen molar-refractivity contribution in [2.24, 2.45) is 16.8 Å². The minimum absolute atomic E-state index is 0.0237. The fourth-order valence-corrected chi connectivity index (χ4v) is 7.38. The lowest BCUT2D eigenvalue weighted by Gasteiger charge is -2.38. The van der Waals surface area contributed by atoms with Gasteiger partial charge in [0.1, 0.15) is 11.6 Å². The molecule has 8 nitrogen and oxygen atoms in total. The number of amides is 3. The number of amidine groups is 1. The van der Waals surface area contributed by atoms with Crippen molar-refractivity contribution in [2.45, 2.75) is 97.7 Å². The van der Waals surface area contributed by atoms with Crippen LogP contribution in [0, 0.1) is 11.8 Å². The molecule has 1 aliphatic heterocycles. The Morgan fingerprint density at radius 1 is 1.02 bits per heavy atom. The lowest BCUT2D eigenvalue weighted by molar-refractivity contribution is -0.133. The topological polar surface area (TPSA) is 78.3 Å². The van der Waals surface area contributed by atoms with Crippen molar-refractivity contribution in [3.05, 3.63) is 118 Å². The van der Waals surface area contributed by atoms with Gasteiger partial charge in [0.25, 0.3) is 0 Å². The number of aromatic nitrogens is 1. The highest BCUT2D eigenvalue weighted by Gasteiger charge is 2.36. The molecule has 1 aliphatic carbocycles. The van der Waals surface area contributed by atoms with Crippen molar-refractivity contribution in [3.63, 3.8) is 0 Å². The Bertz CT molecular complexity index is 1880. The van der Waals surface area contributed by atoms with Crippen LogP contribution in [0.15, 0.2) is 95.1 Å². The van der Waals surface area contributed by atoms with Crippen LogP contribution in [0.4, 0.5) is 4.79 Å². The van der Waals surface area contributed by atoms with E-state index in [1.165, 1.54) is 0 Å². The second kappa shape index (κ2) is 18.2. The fourth-order valence-electron chi connectivity index (χ4n) is 7.10. The summed E-state index contributed by atoms with van der Waals surface area (Å²) in [4.78, 5) is 44.4. The molecule has 55 heavy (non-hydrogen) atoms. The highest BCUT2D eigenvalue weighted by Crippen LogP contribution is 2.35. The summed E-state index contributed by atoms with van der Waals surface area (Å²) in [5.41, 5.74) is 2.68. The average molecular weight is 787 g/mol. The number of pyridine rings is 1. The van der Waals surface area contributed by atoms with Crippen molar-refractivity contribution in [2.75, 3.05) is 26.7 Å². The predicted octanol–water partition coefficient (Wildman–Crippen LogP) is 10.6. The third-order valence-corrected chi connectivity index (χ3v) is 11.4. The number of carbonyl (C=O) groups is 2. The molecule has 0 bridgehead atoms. The van der Waals surface area contributed by atoms with Gasteiger partial charge in [-0.2, -0.15) is 0 Å². The van der Waals surface area contributed by atoms with Crippen molar-refractivity contribution in [1.82, 2.24) is 19.7 Å². The van der Waals surface area contributed by atoms with Crippen LogP contribution in [-0.4, -0.2) is 69.7 Å². The lowest BCUT2D eigenvalue weighted by Crippen LogP contribution is -2.50. The summed E-state index contributed by atoms with van der Waals surface area (Å²) in [5, 5.41) is 1.33. The number of urea groups is 1. The number of hydrogen-bond donors (Lipinski definition) is 0. The van der Waals surface area contributed by atoms with Gasteiger partial charge in [-0.3, -0.25) is 19.7 Å². The van der Waals surface area contributed by atoms with Crippen molar-refractivity contribution >= 4 is 41.0 Å². The van der Waals surface area contributed by atoms with Gasteiger partial charge in [-0.25, -0.2) is 4.79 Å². The molecule has 1 fully saturated rings. The van der Waals surface area contributed by atoms with Gasteiger partial charge >= 0.3 is 6.03 Å². The quantitative estimate of drug-likeness (QED) is 0.143. The van der Waals surface area contributed by atoms with Gasteiger partial charge in [-0.1, -0.05) is 98.6 Å². The molecule has 0 N–H and O–H groups in total. The number of aliphatic imine (C=N–C) groups is 1. The average Bonchev–Trinajstić information content (AvgIpc) is 3.16. The van der Waals surface area contributed by atoms with Gasteiger partial charge < -0.3 is 14.5 Å². The van der Waals surface area contributed by atoms with Crippen LogP contribution in [0.1, 0.15) is 103 Å². The van der Waals surface area contributed by atoms with Gasteiger partial charge in [0, 0.05) is 65.9 Å². The van der Waals surface area contributed by atoms with Gasteiger partial charge in [0.2, 0.25) is 5.91 Å². The maximum absolute atomic E-state index is 15.0. The summed E-state index contributed by atoms with van der Waals surface area (Å²) in [7, 11) is 1.88. The van der Waals surface area contributed by atoms with Crippen LogP contribution in [0.3, 0.4) is 0 Å². The minimum Gasteiger partial charge on any atom is -0.493 e. The zero-order valence-electron chi connectivity index (χ0n) is 33.7. The van der Waals surface area contributed by atoms with Crippen molar-refractivity contribution < 1.29 is 14.3 Å². The van der Waals surface area contributed by atoms with Crippen LogP contribution in [0.25, 0.3) is 0 Å². The molecule has 294 valence electrons. The first-order valence-electron chi connectivity index (χ1n) is 19.5. The maximum Gasteiger partial charge on any atom is 0.325 e. The minimum atomic E-state index is -0.638. The zero-order chi connectivity index (χ0) is 39.9. The van der Waals surface area contributed by atoms with Crippen LogP contribution in [0.5, 0.6) is 5.75 Å². The lowest BCUT2D eigenvalue weighted by atomic mass is 9.83. The molecule has 0 radical (unpaired) electrons. The van der Waals surface area contributed by atoms with E-state index in [1.54, 1.807) is 11.1 Å². The van der Waals surface area contributed by atoms with E-state index >= 15 is 4.79 Å². The molecule has 1 aromatic heterocycles. The van der Waals surface area contributed by atoms with E-state index < -0.39 is 5.54 Å². The third kappa shape index (κ3) is 10.8. The monoisotopic (exact) mass is 785 g/mol. The third-order valence-electron chi connectivity index (χ3n) is 10.9. The SMILES string of the molecule is CCOc1cc(C(C)(C)C)ncc1C(=NC(C)(C)C1C=CC(Cl)=CC1)N(Cc1ccc(Cl)cc1)C(=O)N1CCC(CC(=O)N(C)[C@@H](C)c2ccccc2)CC1. The van der Waals surface area contributed by atoms with E-state index in [9.17, 15) is 4.79 Å². The molecule has 3 amide bonds. The summed E-state index contributed by atoms with van der Waals surface area (Å²) in [6, 6.07) is 19.5. The number of allylic oxidation sites excluding steroid dienone is 3. The number of benzene rings is 2. The van der Waals surface area contributed by atoms with E-state index in [0.717, 1.165) is 36.1 Å². The number of carbonyl (C=O) groups excluding carboxylic acids is 2. The van der Waals surface area contributed by atoms with Crippen LogP contribution >= 0.6 is 23.2 Å². The Balaban J connectivity index is 1.49. The number of nitrogens with zero attached hydrogens (tertiary/aromatic N) is 5. The summed E-state index contributed by atoms with van der Waals surface area (Å²) in [5.74, 6) is 1.44. The number of hydrogen-bond acceptors (Lipinski definition) is 5. The first kappa shape index (κ1) is 42.0. The van der Waals surface area contributed by atoms with E-state index in [-0.39, 0.29) is 41.8 Å². The second-order valence-corrected chi connectivity index (χ2v) is 17.2. The molecular formula is C45H57Cl2N5O3. The highest BCUT2D eigenvalue weighted by atomic mass is 35.5. The van der Waals surface area contributed by atoms with Crippen LogP contribution in [0.2, 0.25) is 5.02 Å². The molecule has 3 aromatic rings. The summed E-state index contributed by atoms with van der Waals surface area (Å²) in [6.45, 7) is 16.3. The number of halogens is 2. The maximum atomic E-state index is 15.0. The Labute approximate surface area is 338 Å². The fraction of sp³-hybridized carbons (Fsp3) is 0.467. The zero-order valence-corrected chi connectivity index (χ0v) is 35.2. The smallest absolute Gasteiger partial charge is 0.325 e. The van der Waals surface area contributed by atoms with Crippen LogP contribution < -0.4 is 4.74 Å². The van der Waals surface area contributed by atoms with E-state index in [1.807, 2.05) is 84.5 Å². The normalized spacial score (nSPS) is 17.4. The number of piperidine rings is 1. The van der Waals surface area contributed by atoms with E-state index in [4.69, 9.17) is 37.9 Å². The number of likely N-dealkylation sites (tertiary alicyclic amines) is 1. The van der Waals surface area contributed by atoms with Gasteiger partial charge in [0.15, 0.2) is 0 Å². The molecule has 2 aliphatic rings. The molecule has 2 aromatic carbocycles. The molecule has 5 rings (SSSR count).